The highest BCUT2D eigenvalue weighted by Crippen LogP contribution is 2.30. The van der Waals surface area contributed by atoms with E-state index in [2.05, 4.69) is 21.2 Å². The fraction of sp³-hybridized carbons (Fsp3) is 0.571. The van der Waals surface area contributed by atoms with Crippen LogP contribution in [0.3, 0.4) is 0 Å². The predicted molar refractivity (Wildman–Crippen MR) is 75.0 cm³/mol. The molecule has 7 heteroatoms. The Kier molecular flexibility index (Phi) is 7.06. The van der Waals surface area contributed by atoms with Crippen LogP contribution in [0.25, 0.3) is 0 Å². The molecular weight excluding hydrogens is 357 g/mol. The molecule has 120 valence electrons. The highest BCUT2D eigenvalue weighted by molar-refractivity contribution is 9.10. The lowest BCUT2D eigenvalue weighted by atomic mass is 9.99. The molecule has 0 spiro atoms. The van der Waals surface area contributed by atoms with Gasteiger partial charge in [0.1, 0.15) is 11.6 Å². The first-order chi connectivity index (χ1) is 9.74. The SMILES string of the molecule is CCCNC(CCCC(F)(F)F)c1c(F)cc(Br)cc1F. The topological polar surface area (TPSA) is 12.0 Å². The van der Waals surface area contributed by atoms with Gasteiger partial charge in [0.05, 0.1) is 0 Å². The van der Waals surface area contributed by atoms with Crippen molar-refractivity contribution in [3.8, 4) is 0 Å². The Labute approximate surface area is 129 Å². The van der Waals surface area contributed by atoms with E-state index >= 15 is 0 Å². The predicted octanol–water partition coefficient (Wildman–Crippen LogP) is 5.50. The van der Waals surface area contributed by atoms with E-state index in [1.807, 2.05) is 6.92 Å². The maximum absolute atomic E-state index is 13.9. The summed E-state index contributed by atoms with van der Waals surface area (Å²) < 4.78 is 64.7. The van der Waals surface area contributed by atoms with Crippen molar-refractivity contribution >= 4 is 15.9 Å². The third-order valence-electron chi connectivity index (χ3n) is 2.99. The quantitative estimate of drug-likeness (QED) is 0.622. The fourth-order valence-corrected chi connectivity index (χ4v) is 2.46. The van der Waals surface area contributed by atoms with Gasteiger partial charge >= 0.3 is 6.18 Å². The van der Waals surface area contributed by atoms with Crippen LogP contribution < -0.4 is 5.32 Å². The van der Waals surface area contributed by atoms with Crippen LogP contribution in [0.1, 0.15) is 44.2 Å². The lowest BCUT2D eigenvalue weighted by molar-refractivity contribution is -0.135. The molecule has 1 nitrogen and oxygen atoms in total. The van der Waals surface area contributed by atoms with Crippen molar-refractivity contribution in [2.45, 2.75) is 44.8 Å². The van der Waals surface area contributed by atoms with Crippen LogP contribution in [0.4, 0.5) is 22.0 Å². The molecule has 0 bridgehead atoms. The average Bonchev–Trinajstić information content (AvgIpc) is 2.32. The lowest BCUT2D eigenvalue weighted by Crippen LogP contribution is -2.24. The molecule has 1 rings (SSSR count). The third kappa shape index (κ3) is 6.30. The Hall–Kier alpha value is -0.690. The van der Waals surface area contributed by atoms with Crippen LogP contribution in [-0.4, -0.2) is 12.7 Å². The second-order valence-electron chi connectivity index (χ2n) is 4.80. The molecule has 1 atom stereocenters. The van der Waals surface area contributed by atoms with Crippen LogP contribution in [-0.2, 0) is 0 Å². The van der Waals surface area contributed by atoms with Crippen molar-refractivity contribution in [1.82, 2.24) is 5.32 Å². The van der Waals surface area contributed by atoms with Crippen molar-refractivity contribution < 1.29 is 22.0 Å². The lowest BCUT2D eigenvalue weighted by Gasteiger charge is -2.21. The first-order valence-electron chi connectivity index (χ1n) is 6.69. The number of halogens is 6. The summed E-state index contributed by atoms with van der Waals surface area (Å²) in [6, 6.07) is 1.46. The standard InChI is InChI=1S/C14H17BrF5N/c1-2-6-21-12(4-3-5-14(18,19)20)13-10(16)7-9(15)8-11(13)17/h7-8,12,21H,2-6H2,1H3. The van der Waals surface area contributed by atoms with Gasteiger partial charge in [0.25, 0.3) is 0 Å². The molecule has 0 aromatic heterocycles. The van der Waals surface area contributed by atoms with Gasteiger partial charge in [0, 0.05) is 22.5 Å². The summed E-state index contributed by atoms with van der Waals surface area (Å²) in [6.07, 6.45) is -4.66. The minimum absolute atomic E-state index is 0.0228. The number of hydrogen-bond donors (Lipinski definition) is 1. The van der Waals surface area contributed by atoms with Crippen molar-refractivity contribution in [3.63, 3.8) is 0 Å². The van der Waals surface area contributed by atoms with Gasteiger partial charge in [-0.25, -0.2) is 8.78 Å². The highest BCUT2D eigenvalue weighted by Gasteiger charge is 2.28. The molecule has 1 unspecified atom stereocenters. The van der Waals surface area contributed by atoms with Gasteiger partial charge in [-0.05, 0) is 37.9 Å². The Bertz CT molecular complexity index is 438. The number of benzene rings is 1. The minimum atomic E-state index is -4.26. The largest absolute Gasteiger partial charge is 0.389 e. The zero-order valence-electron chi connectivity index (χ0n) is 11.5. The molecule has 0 aliphatic carbocycles. The number of alkyl halides is 3. The average molecular weight is 374 g/mol. The van der Waals surface area contributed by atoms with Gasteiger partial charge in [0.2, 0.25) is 0 Å². The van der Waals surface area contributed by atoms with E-state index in [4.69, 9.17) is 0 Å². The van der Waals surface area contributed by atoms with Crippen molar-refractivity contribution in [3.05, 3.63) is 33.8 Å². The maximum atomic E-state index is 13.9. The molecule has 0 fully saturated rings. The first-order valence-corrected chi connectivity index (χ1v) is 7.48. The molecule has 0 saturated heterocycles. The van der Waals surface area contributed by atoms with E-state index in [-0.39, 0.29) is 22.9 Å². The molecule has 0 saturated carbocycles. The summed E-state index contributed by atoms with van der Waals surface area (Å²) in [6.45, 7) is 2.35. The highest BCUT2D eigenvalue weighted by atomic mass is 79.9. The smallest absolute Gasteiger partial charge is 0.310 e. The van der Waals surface area contributed by atoms with Gasteiger partial charge in [0.15, 0.2) is 0 Å². The van der Waals surface area contributed by atoms with Gasteiger partial charge in [-0.2, -0.15) is 13.2 Å². The van der Waals surface area contributed by atoms with E-state index in [0.717, 1.165) is 18.6 Å². The summed E-state index contributed by atoms with van der Waals surface area (Å²) in [4.78, 5) is 0. The van der Waals surface area contributed by atoms with Gasteiger partial charge < -0.3 is 5.32 Å². The normalized spacial score (nSPS) is 13.5. The van der Waals surface area contributed by atoms with Gasteiger partial charge in [-0.1, -0.05) is 22.9 Å². The zero-order chi connectivity index (χ0) is 16.0. The summed E-state index contributed by atoms with van der Waals surface area (Å²) >= 11 is 2.98. The summed E-state index contributed by atoms with van der Waals surface area (Å²) in [5.74, 6) is -1.52. The van der Waals surface area contributed by atoms with Crippen LogP contribution >= 0.6 is 15.9 Å². The van der Waals surface area contributed by atoms with Gasteiger partial charge in [-0.3, -0.25) is 0 Å². The molecule has 0 amide bonds. The van der Waals surface area contributed by atoms with Crippen LogP contribution in [0.5, 0.6) is 0 Å². The Morgan fingerprint density at radius 1 is 1.19 bits per heavy atom. The van der Waals surface area contributed by atoms with E-state index in [1.54, 1.807) is 0 Å². The Balaban J connectivity index is 2.87. The molecule has 1 N–H and O–H groups in total. The second-order valence-corrected chi connectivity index (χ2v) is 5.71. The summed E-state index contributed by atoms with van der Waals surface area (Å²) in [5.41, 5.74) is -0.200. The molecular formula is C14H17BrF5N. The van der Waals surface area contributed by atoms with E-state index in [1.165, 1.54) is 0 Å². The second kappa shape index (κ2) is 8.08. The number of hydrogen-bond acceptors (Lipinski definition) is 1. The fourth-order valence-electron chi connectivity index (χ4n) is 2.06. The van der Waals surface area contributed by atoms with Crippen molar-refractivity contribution in [2.24, 2.45) is 0 Å². The monoisotopic (exact) mass is 373 g/mol. The van der Waals surface area contributed by atoms with E-state index in [0.29, 0.717) is 6.54 Å². The maximum Gasteiger partial charge on any atom is 0.389 e. The zero-order valence-corrected chi connectivity index (χ0v) is 13.1. The molecule has 0 aliphatic rings. The number of nitrogens with one attached hydrogen (secondary N) is 1. The molecule has 0 aliphatic heterocycles. The van der Waals surface area contributed by atoms with Gasteiger partial charge in [-0.15, -0.1) is 0 Å². The summed E-state index contributed by atoms with van der Waals surface area (Å²) in [5, 5.41) is 2.91. The third-order valence-corrected chi connectivity index (χ3v) is 3.44. The van der Waals surface area contributed by atoms with Crippen LogP contribution in [0, 0.1) is 11.6 Å². The molecule has 0 heterocycles. The molecule has 1 aromatic carbocycles. The molecule has 0 radical (unpaired) electrons. The first kappa shape index (κ1) is 18.4. The Morgan fingerprint density at radius 3 is 2.24 bits per heavy atom. The molecule has 21 heavy (non-hydrogen) atoms. The van der Waals surface area contributed by atoms with E-state index in [9.17, 15) is 22.0 Å². The van der Waals surface area contributed by atoms with Crippen LogP contribution in [0.15, 0.2) is 16.6 Å². The van der Waals surface area contributed by atoms with Crippen molar-refractivity contribution in [2.75, 3.05) is 6.54 Å². The number of rotatable bonds is 7. The Morgan fingerprint density at radius 2 is 1.76 bits per heavy atom. The van der Waals surface area contributed by atoms with Crippen molar-refractivity contribution in [1.29, 1.82) is 0 Å². The molecule has 1 aromatic rings. The summed E-state index contributed by atoms with van der Waals surface area (Å²) in [7, 11) is 0. The minimum Gasteiger partial charge on any atom is -0.310 e. The van der Waals surface area contributed by atoms with Crippen LogP contribution in [0.2, 0.25) is 0 Å². The van der Waals surface area contributed by atoms with E-state index < -0.39 is 30.3 Å².